The fourth-order valence-corrected chi connectivity index (χ4v) is 5.25. The lowest BCUT2D eigenvalue weighted by Crippen LogP contribution is -2.41. The highest BCUT2D eigenvalue weighted by Crippen LogP contribution is 2.26. The van der Waals surface area contributed by atoms with E-state index < -0.39 is 21.8 Å². The molecule has 1 aliphatic rings. The van der Waals surface area contributed by atoms with Crippen molar-refractivity contribution in [3.63, 3.8) is 0 Å². The second kappa shape index (κ2) is 9.06. The zero-order valence-electron chi connectivity index (χ0n) is 15.9. The summed E-state index contributed by atoms with van der Waals surface area (Å²) in [6.07, 6.45) is 1.62. The third-order valence-electron chi connectivity index (χ3n) is 4.84. The number of halogens is 1. The second-order valence-electron chi connectivity index (χ2n) is 7.04. The molecule has 9 heteroatoms. The first-order valence-corrected chi connectivity index (χ1v) is 11.5. The Balaban J connectivity index is 1.74. The minimum Gasteiger partial charge on any atom is -0.267 e. The van der Waals surface area contributed by atoms with Gasteiger partial charge in [-0.15, -0.1) is 0 Å². The Labute approximate surface area is 178 Å². The first-order chi connectivity index (χ1) is 13.8. The molecule has 1 saturated heterocycles. The Hall–Kier alpha value is -2.23. The number of nitrogens with one attached hydrogen (secondary N) is 2. The van der Waals surface area contributed by atoms with Crippen molar-refractivity contribution in [1.29, 1.82) is 0 Å². The molecule has 29 heavy (non-hydrogen) atoms. The van der Waals surface area contributed by atoms with E-state index >= 15 is 0 Å². The average molecular weight is 480 g/mol. The monoisotopic (exact) mass is 479 g/mol. The molecule has 2 amide bonds. The molecule has 0 aromatic heterocycles. The maximum absolute atomic E-state index is 13.0. The lowest BCUT2D eigenvalue weighted by molar-refractivity contribution is 0.0846. The average Bonchev–Trinajstić information content (AvgIpc) is 2.72. The number of rotatable bonds is 4. The van der Waals surface area contributed by atoms with Crippen LogP contribution in [0.4, 0.5) is 0 Å². The Morgan fingerprint density at radius 3 is 2.17 bits per heavy atom. The molecule has 0 aliphatic carbocycles. The van der Waals surface area contributed by atoms with Gasteiger partial charge in [-0.25, -0.2) is 8.42 Å². The fourth-order valence-electron chi connectivity index (χ4n) is 3.06. The molecule has 2 N–H and O–H groups in total. The van der Waals surface area contributed by atoms with Crippen molar-refractivity contribution in [3.8, 4) is 0 Å². The minimum absolute atomic E-state index is 0.0426. The quantitative estimate of drug-likeness (QED) is 0.658. The lowest BCUT2D eigenvalue weighted by atomic mass is 10.0. The highest BCUT2D eigenvalue weighted by Gasteiger charge is 2.29. The van der Waals surface area contributed by atoms with Crippen molar-refractivity contribution >= 4 is 37.8 Å². The molecule has 0 unspecified atom stereocenters. The van der Waals surface area contributed by atoms with Gasteiger partial charge in [0.25, 0.3) is 11.8 Å². The number of nitrogens with zero attached hydrogens (tertiary/aromatic N) is 1. The van der Waals surface area contributed by atoms with Gasteiger partial charge >= 0.3 is 0 Å². The van der Waals surface area contributed by atoms with Gasteiger partial charge in [-0.2, -0.15) is 4.31 Å². The molecule has 2 aromatic carbocycles. The summed E-state index contributed by atoms with van der Waals surface area (Å²) in [5.41, 5.74) is 5.17. The van der Waals surface area contributed by atoms with Crippen LogP contribution < -0.4 is 10.9 Å². The summed E-state index contributed by atoms with van der Waals surface area (Å²) < 4.78 is 27.9. The van der Waals surface area contributed by atoms with E-state index in [0.717, 1.165) is 12.8 Å². The van der Waals surface area contributed by atoms with Crippen LogP contribution in [0.3, 0.4) is 0 Å². The van der Waals surface area contributed by atoms with E-state index in [1.807, 2.05) is 0 Å². The molecule has 0 spiro atoms. The van der Waals surface area contributed by atoms with Crippen molar-refractivity contribution in [2.24, 2.45) is 5.92 Å². The molecule has 7 nitrogen and oxygen atoms in total. The molecule has 0 atom stereocenters. The molecule has 3 rings (SSSR count). The number of amides is 2. The first kappa shape index (κ1) is 21.5. The summed E-state index contributed by atoms with van der Waals surface area (Å²) >= 11 is 3.27. The van der Waals surface area contributed by atoms with Crippen LogP contribution >= 0.6 is 15.9 Å². The number of hydrogen-bond acceptors (Lipinski definition) is 4. The third kappa shape index (κ3) is 5.23. The van der Waals surface area contributed by atoms with Crippen LogP contribution in [0.25, 0.3) is 0 Å². The summed E-state index contributed by atoms with van der Waals surface area (Å²) in [5.74, 6) is -0.581. The molecule has 1 aliphatic heterocycles. The summed E-state index contributed by atoms with van der Waals surface area (Å²) in [7, 11) is -3.70. The maximum atomic E-state index is 13.0. The second-order valence-corrected chi connectivity index (χ2v) is 9.89. The molecule has 2 aromatic rings. The smallest absolute Gasteiger partial charge is 0.267 e. The topological polar surface area (TPSA) is 95.6 Å². The molecule has 1 heterocycles. The van der Waals surface area contributed by atoms with E-state index in [-0.39, 0.29) is 10.5 Å². The van der Waals surface area contributed by atoms with Crippen LogP contribution in [-0.2, 0) is 10.0 Å². The van der Waals surface area contributed by atoms with Gasteiger partial charge in [-0.05, 0) is 49.1 Å². The largest absolute Gasteiger partial charge is 0.269 e. The van der Waals surface area contributed by atoms with Crippen molar-refractivity contribution in [2.45, 2.75) is 24.7 Å². The maximum Gasteiger partial charge on any atom is 0.269 e. The molecule has 0 saturated carbocycles. The van der Waals surface area contributed by atoms with Crippen molar-refractivity contribution in [1.82, 2.24) is 15.2 Å². The minimum atomic E-state index is -3.70. The molecule has 0 bridgehead atoms. The number of benzene rings is 2. The van der Waals surface area contributed by atoms with Crippen LogP contribution in [0, 0.1) is 5.92 Å². The third-order valence-corrected chi connectivity index (χ3v) is 7.17. The van der Waals surface area contributed by atoms with E-state index in [0.29, 0.717) is 29.0 Å². The van der Waals surface area contributed by atoms with E-state index in [9.17, 15) is 18.0 Å². The van der Waals surface area contributed by atoms with Crippen LogP contribution in [0.15, 0.2) is 57.9 Å². The van der Waals surface area contributed by atoms with Gasteiger partial charge in [0.05, 0.1) is 4.90 Å². The molecule has 1 fully saturated rings. The number of carbonyl (C=O) groups excluding carboxylic acids is 2. The number of sulfonamides is 1. The van der Waals surface area contributed by atoms with Gasteiger partial charge in [0.2, 0.25) is 10.0 Å². The van der Waals surface area contributed by atoms with E-state index in [2.05, 4.69) is 33.7 Å². The van der Waals surface area contributed by atoms with Crippen molar-refractivity contribution < 1.29 is 18.0 Å². The highest BCUT2D eigenvalue weighted by molar-refractivity contribution is 9.10. The number of hydrogen-bond donors (Lipinski definition) is 2. The van der Waals surface area contributed by atoms with Crippen LogP contribution in [0.1, 0.15) is 40.5 Å². The number of carbonyl (C=O) groups is 2. The zero-order valence-corrected chi connectivity index (χ0v) is 18.3. The van der Waals surface area contributed by atoms with Crippen LogP contribution in [0.2, 0.25) is 0 Å². The van der Waals surface area contributed by atoms with E-state index in [4.69, 9.17) is 0 Å². The predicted octanol–water partition coefficient (Wildman–Crippen LogP) is 2.94. The van der Waals surface area contributed by atoms with Crippen LogP contribution in [-0.4, -0.2) is 37.6 Å². The van der Waals surface area contributed by atoms with Gasteiger partial charge < -0.3 is 0 Å². The Morgan fingerprint density at radius 1 is 0.966 bits per heavy atom. The first-order valence-electron chi connectivity index (χ1n) is 9.24. The van der Waals surface area contributed by atoms with E-state index in [1.54, 1.807) is 30.3 Å². The Kier molecular flexibility index (Phi) is 6.71. The fraction of sp³-hybridized carbons (Fsp3) is 0.300. The van der Waals surface area contributed by atoms with E-state index in [1.165, 1.54) is 22.5 Å². The summed E-state index contributed by atoms with van der Waals surface area (Å²) in [5, 5.41) is 0. The van der Waals surface area contributed by atoms with Gasteiger partial charge in [-0.1, -0.05) is 41.1 Å². The van der Waals surface area contributed by atoms with Gasteiger partial charge in [0.1, 0.15) is 0 Å². The number of hydrazine groups is 1. The number of piperidine rings is 1. The summed E-state index contributed by atoms with van der Waals surface area (Å²) in [6.45, 7) is 3.03. The Morgan fingerprint density at radius 2 is 1.55 bits per heavy atom. The molecular formula is C20H22BrN3O4S. The standard InChI is InChI=1S/C20H22BrN3O4S/c1-14-7-9-24(10-8-14)29(27,28)18-12-16(11-17(21)13-18)20(26)23-22-19(25)15-5-3-2-4-6-15/h2-6,11-14H,7-10H2,1H3,(H,22,25)(H,23,26). The predicted molar refractivity (Wildman–Crippen MR) is 113 cm³/mol. The van der Waals surface area contributed by atoms with Crippen molar-refractivity contribution in [3.05, 3.63) is 64.1 Å². The highest BCUT2D eigenvalue weighted by atomic mass is 79.9. The normalized spacial score (nSPS) is 15.7. The molecular weight excluding hydrogens is 458 g/mol. The van der Waals surface area contributed by atoms with Crippen LogP contribution in [0.5, 0.6) is 0 Å². The van der Waals surface area contributed by atoms with Gasteiger partial charge in [0, 0.05) is 28.7 Å². The Bertz CT molecular complexity index is 1000. The summed E-state index contributed by atoms with van der Waals surface area (Å²) in [6, 6.07) is 12.7. The van der Waals surface area contributed by atoms with Gasteiger partial charge in [0.15, 0.2) is 0 Å². The zero-order chi connectivity index (χ0) is 21.0. The van der Waals surface area contributed by atoms with Crippen molar-refractivity contribution in [2.75, 3.05) is 13.1 Å². The van der Waals surface area contributed by atoms with Gasteiger partial charge in [-0.3, -0.25) is 20.4 Å². The summed E-state index contributed by atoms with van der Waals surface area (Å²) in [4.78, 5) is 24.6. The molecule has 0 radical (unpaired) electrons. The molecule has 154 valence electrons. The lowest BCUT2D eigenvalue weighted by Gasteiger charge is -2.29. The SMILES string of the molecule is CC1CCN(S(=O)(=O)c2cc(Br)cc(C(=O)NNC(=O)c3ccccc3)c2)CC1.